The normalized spacial score (nSPS) is 13.2. The van der Waals surface area contributed by atoms with E-state index >= 15 is 0 Å². The fraction of sp³-hybridized carbons (Fsp3) is 0.185. The standard InChI is InChI=1S/C27H21F3NO4P/c1-3-34-36(33,35-4-2)18-13-14-22-21(15-18)23-19-7-5-6-8-20(19)26(32)24(23)25(31-22)16-9-11-17(12-10-16)27(28,29)30/h5-15H,3-4H2,1-2H3. The Morgan fingerprint density at radius 3 is 2.11 bits per heavy atom. The lowest BCUT2D eigenvalue weighted by Crippen LogP contribution is -2.11. The third kappa shape index (κ3) is 3.95. The number of nitrogens with zero attached hydrogens (tertiary/aromatic N) is 1. The van der Waals surface area contributed by atoms with Crippen molar-refractivity contribution in [1.82, 2.24) is 4.98 Å². The molecular formula is C27H21F3NO4P. The van der Waals surface area contributed by atoms with Crippen LogP contribution in [0.25, 0.3) is 33.3 Å². The summed E-state index contributed by atoms with van der Waals surface area (Å²) in [7, 11) is -3.61. The number of pyridine rings is 1. The molecule has 9 heteroatoms. The van der Waals surface area contributed by atoms with Gasteiger partial charge >= 0.3 is 13.8 Å². The Labute approximate surface area is 205 Å². The highest BCUT2D eigenvalue weighted by atomic mass is 31.2. The maximum Gasteiger partial charge on any atom is 0.416 e. The SMILES string of the molecule is CCOP(=O)(OCC)c1ccc2nc(-c3ccc(C(F)(F)F)cc3)c3c(c2c1)-c1ccccc1C3=O. The number of halogens is 3. The summed E-state index contributed by atoms with van der Waals surface area (Å²) < 4.78 is 63.8. The summed E-state index contributed by atoms with van der Waals surface area (Å²) >= 11 is 0. The molecule has 1 aliphatic rings. The maximum atomic E-state index is 13.5. The van der Waals surface area contributed by atoms with Crippen LogP contribution in [0.4, 0.5) is 13.2 Å². The van der Waals surface area contributed by atoms with Crippen LogP contribution in [0.2, 0.25) is 0 Å². The van der Waals surface area contributed by atoms with E-state index in [1.54, 1.807) is 50.2 Å². The molecule has 5 rings (SSSR count). The van der Waals surface area contributed by atoms with Gasteiger partial charge in [0.25, 0.3) is 0 Å². The number of benzene rings is 3. The molecule has 1 aliphatic carbocycles. The predicted octanol–water partition coefficient (Wildman–Crippen LogP) is 7.02. The van der Waals surface area contributed by atoms with Crippen molar-refractivity contribution >= 4 is 29.6 Å². The molecule has 36 heavy (non-hydrogen) atoms. The van der Waals surface area contributed by atoms with E-state index in [9.17, 15) is 22.5 Å². The maximum absolute atomic E-state index is 13.5. The number of alkyl halides is 3. The zero-order valence-corrected chi connectivity index (χ0v) is 20.3. The van der Waals surface area contributed by atoms with Crippen molar-refractivity contribution in [3.63, 3.8) is 0 Å². The average molecular weight is 511 g/mol. The van der Waals surface area contributed by atoms with Crippen LogP contribution < -0.4 is 5.30 Å². The van der Waals surface area contributed by atoms with E-state index in [1.165, 1.54) is 12.1 Å². The molecule has 0 bridgehead atoms. The molecule has 1 heterocycles. The summed E-state index contributed by atoms with van der Waals surface area (Å²) in [5.41, 5.74) is 2.43. The number of fused-ring (bicyclic) bond motifs is 5. The average Bonchev–Trinajstić information content (AvgIpc) is 3.16. The van der Waals surface area contributed by atoms with Gasteiger partial charge in [0, 0.05) is 22.1 Å². The first kappa shape index (κ1) is 24.4. The number of hydrogen-bond donors (Lipinski definition) is 0. The second-order valence-corrected chi connectivity index (χ2v) is 10.2. The van der Waals surface area contributed by atoms with Gasteiger partial charge in [-0.15, -0.1) is 0 Å². The minimum atomic E-state index is -4.48. The van der Waals surface area contributed by atoms with Crippen LogP contribution in [0.5, 0.6) is 0 Å². The van der Waals surface area contributed by atoms with E-state index in [0.29, 0.717) is 44.0 Å². The Morgan fingerprint density at radius 2 is 1.50 bits per heavy atom. The van der Waals surface area contributed by atoms with Crippen molar-refractivity contribution < 1.29 is 31.6 Å². The Morgan fingerprint density at radius 1 is 0.861 bits per heavy atom. The first-order valence-electron chi connectivity index (χ1n) is 11.4. The smallest absolute Gasteiger partial charge is 0.305 e. The number of carbonyl (C=O) groups is 1. The predicted molar refractivity (Wildman–Crippen MR) is 132 cm³/mol. The van der Waals surface area contributed by atoms with E-state index in [-0.39, 0.29) is 24.7 Å². The van der Waals surface area contributed by atoms with Gasteiger partial charge in [-0.05, 0) is 49.7 Å². The molecule has 0 radical (unpaired) electrons. The highest BCUT2D eigenvalue weighted by Crippen LogP contribution is 2.49. The number of hydrogen-bond acceptors (Lipinski definition) is 5. The third-order valence-electron chi connectivity index (χ3n) is 6.04. The first-order chi connectivity index (χ1) is 17.2. The van der Waals surface area contributed by atoms with Gasteiger partial charge in [-0.3, -0.25) is 9.36 Å². The van der Waals surface area contributed by atoms with E-state index in [2.05, 4.69) is 4.98 Å². The lowest BCUT2D eigenvalue weighted by atomic mass is 9.96. The molecule has 0 N–H and O–H groups in total. The summed E-state index contributed by atoms with van der Waals surface area (Å²) in [4.78, 5) is 18.2. The van der Waals surface area contributed by atoms with Crippen LogP contribution >= 0.6 is 7.60 Å². The van der Waals surface area contributed by atoms with Crippen molar-refractivity contribution in [3.05, 3.63) is 83.4 Å². The fourth-order valence-corrected chi connectivity index (χ4v) is 6.11. The van der Waals surface area contributed by atoms with Crippen molar-refractivity contribution in [2.75, 3.05) is 13.2 Å². The van der Waals surface area contributed by atoms with Crippen molar-refractivity contribution in [3.8, 4) is 22.4 Å². The quantitative estimate of drug-likeness (QED) is 0.229. The molecule has 0 amide bonds. The molecule has 0 atom stereocenters. The van der Waals surface area contributed by atoms with Gasteiger partial charge in [0.2, 0.25) is 0 Å². The summed E-state index contributed by atoms with van der Waals surface area (Å²) in [6.07, 6.45) is -4.48. The van der Waals surface area contributed by atoms with E-state index in [4.69, 9.17) is 9.05 Å². The molecule has 4 aromatic rings. The molecule has 0 fully saturated rings. The summed E-state index contributed by atoms with van der Waals surface area (Å²) in [5.74, 6) is -0.270. The van der Waals surface area contributed by atoms with Crippen LogP contribution in [0.3, 0.4) is 0 Å². The minimum Gasteiger partial charge on any atom is -0.305 e. The van der Waals surface area contributed by atoms with Gasteiger partial charge in [0.05, 0.1) is 40.9 Å². The van der Waals surface area contributed by atoms with E-state index < -0.39 is 19.3 Å². The number of carbonyl (C=O) groups excluding carboxylic acids is 1. The first-order valence-corrected chi connectivity index (χ1v) is 12.9. The van der Waals surface area contributed by atoms with Gasteiger partial charge in [-0.1, -0.05) is 36.4 Å². The van der Waals surface area contributed by atoms with Crippen LogP contribution in [0.15, 0.2) is 66.7 Å². The number of aromatic nitrogens is 1. The van der Waals surface area contributed by atoms with Gasteiger partial charge in [0.1, 0.15) is 0 Å². The summed E-state index contributed by atoms with van der Waals surface area (Å²) in [6, 6.07) is 16.6. The number of ketones is 1. The molecule has 184 valence electrons. The van der Waals surface area contributed by atoms with Gasteiger partial charge in [-0.2, -0.15) is 13.2 Å². The number of rotatable bonds is 6. The largest absolute Gasteiger partial charge is 0.416 e. The Kier molecular flexibility index (Phi) is 6.07. The second kappa shape index (κ2) is 8.96. The lowest BCUT2D eigenvalue weighted by molar-refractivity contribution is -0.137. The molecule has 5 nitrogen and oxygen atoms in total. The zero-order chi connectivity index (χ0) is 25.7. The van der Waals surface area contributed by atoms with Gasteiger partial charge in [-0.25, -0.2) is 4.98 Å². The molecule has 1 aromatic heterocycles. The Hall–Kier alpha value is -3.32. The van der Waals surface area contributed by atoms with Crippen LogP contribution in [-0.4, -0.2) is 24.0 Å². The Balaban J connectivity index is 1.79. The van der Waals surface area contributed by atoms with E-state index in [0.717, 1.165) is 12.1 Å². The monoisotopic (exact) mass is 511 g/mol. The van der Waals surface area contributed by atoms with Crippen molar-refractivity contribution in [2.45, 2.75) is 20.0 Å². The second-order valence-electron chi connectivity index (χ2n) is 8.19. The van der Waals surface area contributed by atoms with E-state index in [1.807, 2.05) is 6.07 Å². The lowest BCUT2D eigenvalue weighted by Gasteiger charge is -2.18. The summed E-state index contributed by atoms with van der Waals surface area (Å²) in [5, 5.41) is 0.915. The Bertz CT molecular complexity index is 1540. The van der Waals surface area contributed by atoms with Crippen molar-refractivity contribution in [2.24, 2.45) is 0 Å². The van der Waals surface area contributed by atoms with Crippen molar-refractivity contribution in [1.29, 1.82) is 0 Å². The van der Waals surface area contributed by atoms with Gasteiger partial charge in [0.15, 0.2) is 5.78 Å². The fourth-order valence-electron chi connectivity index (χ4n) is 4.51. The minimum absolute atomic E-state index is 0.180. The summed E-state index contributed by atoms with van der Waals surface area (Å²) in [6.45, 7) is 3.80. The molecule has 0 unspecified atom stereocenters. The third-order valence-corrected chi connectivity index (χ3v) is 8.14. The topological polar surface area (TPSA) is 65.5 Å². The van der Waals surface area contributed by atoms with Gasteiger partial charge < -0.3 is 9.05 Å². The highest BCUT2D eigenvalue weighted by Gasteiger charge is 2.35. The molecule has 0 spiro atoms. The molecule has 3 aromatic carbocycles. The molecular weight excluding hydrogens is 490 g/mol. The molecule has 0 saturated heterocycles. The zero-order valence-electron chi connectivity index (χ0n) is 19.4. The van der Waals surface area contributed by atoms with Crippen LogP contribution in [-0.2, 0) is 19.8 Å². The van der Waals surface area contributed by atoms with Crippen LogP contribution in [0, 0.1) is 0 Å². The molecule has 0 aliphatic heterocycles. The van der Waals surface area contributed by atoms with Crippen LogP contribution in [0.1, 0.15) is 35.3 Å². The molecule has 0 saturated carbocycles. The highest BCUT2D eigenvalue weighted by molar-refractivity contribution is 7.62.